The number of nitrogens with zero attached hydrogens (tertiary/aromatic N) is 3. The molecule has 126 valence electrons. The van der Waals surface area contributed by atoms with Crippen LogP contribution in [0.15, 0.2) is 63.7 Å². The van der Waals surface area contributed by atoms with Crippen LogP contribution in [0.1, 0.15) is 37.8 Å². The lowest BCUT2D eigenvalue weighted by molar-refractivity contribution is 0.0251. The molecule has 5 nitrogen and oxygen atoms in total. The summed E-state index contributed by atoms with van der Waals surface area (Å²) in [6.45, 7) is 0. The molecule has 3 aliphatic carbocycles. The van der Waals surface area contributed by atoms with E-state index in [4.69, 9.17) is 0 Å². The van der Waals surface area contributed by atoms with Gasteiger partial charge in [0.15, 0.2) is 0 Å². The lowest BCUT2D eigenvalue weighted by Crippen LogP contribution is -2.58. The molecule has 4 atom stereocenters. The third-order valence-electron chi connectivity index (χ3n) is 6.71. The zero-order chi connectivity index (χ0) is 16.8. The Labute approximate surface area is 144 Å². The van der Waals surface area contributed by atoms with Crippen LogP contribution >= 0.6 is 0 Å². The van der Waals surface area contributed by atoms with Gasteiger partial charge in [0.1, 0.15) is 0 Å². The maximum absolute atomic E-state index is 13.2. The van der Waals surface area contributed by atoms with E-state index in [1.807, 2.05) is 30.3 Å². The van der Waals surface area contributed by atoms with Gasteiger partial charge in [-0.2, -0.15) is 0 Å². The third kappa shape index (κ3) is 1.42. The molecule has 25 heavy (non-hydrogen) atoms. The number of hydrogen-bond donors (Lipinski definition) is 0. The Morgan fingerprint density at radius 1 is 0.960 bits per heavy atom. The maximum atomic E-state index is 13.2. The second-order valence-corrected chi connectivity index (χ2v) is 7.76. The van der Waals surface area contributed by atoms with Crippen LogP contribution in [0, 0.1) is 11.3 Å². The SMILES string of the molecule is O=c1n(-c2ccccc2)c(=O)n2n1[C@H]1C=C[C@H]2[C@@H]2C3=C[C@@]12CCCC3. The fraction of sp³-hybridized carbons (Fsp3) is 0.400. The zero-order valence-corrected chi connectivity index (χ0v) is 13.8. The largest absolute Gasteiger partial charge is 0.352 e. The van der Waals surface area contributed by atoms with E-state index in [1.165, 1.54) is 23.0 Å². The first-order chi connectivity index (χ1) is 12.2. The molecule has 1 spiro atoms. The molecular formula is C20H19N3O2. The molecule has 7 rings (SSSR count). The van der Waals surface area contributed by atoms with Crippen molar-refractivity contribution in [2.45, 2.75) is 37.8 Å². The van der Waals surface area contributed by atoms with Crippen molar-refractivity contribution in [1.82, 2.24) is 13.9 Å². The highest BCUT2D eigenvalue weighted by Gasteiger charge is 2.61. The number of rotatable bonds is 1. The monoisotopic (exact) mass is 333 g/mol. The fourth-order valence-electron chi connectivity index (χ4n) is 5.78. The Morgan fingerprint density at radius 2 is 1.76 bits per heavy atom. The van der Waals surface area contributed by atoms with E-state index in [0.717, 1.165) is 12.8 Å². The molecule has 0 saturated carbocycles. The molecule has 2 aromatic rings. The highest BCUT2D eigenvalue weighted by atomic mass is 16.2. The van der Waals surface area contributed by atoms with Crippen LogP contribution in [0.2, 0.25) is 0 Å². The van der Waals surface area contributed by atoms with Gasteiger partial charge in [0, 0.05) is 11.3 Å². The molecule has 1 aromatic heterocycles. The van der Waals surface area contributed by atoms with Gasteiger partial charge in [-0.15, -0.1) is 0 Å². The van der Waals surface area contributed by atoms with Crippen molar-refractivity contribution in [2.24, 2.45) is 11.3 Å². The van der Waals surface area contributed by atoms with E-state index in [9.17, 15) is 9.59 Å². The second kappa shape index (κ2) is 4.34. The van der Waals surface area contributed by atoms with Gasteiger partial charge < -0.3 is 0 Å². The average molecular weight is 333 g/mol. The lowest BCUT2D eigenvalue weighted by atomic mass is 9.52. The van der Waals surface area contributed by atoms with Crippen LogP contribution in [-0.2, 0) is 0 Å². The van der Waals surface area contributed by atoms with Crippen molar-refractivity contribution in [3.8, 4) is 5.69 Å². The summed E-state index contributed by atoms with van der Waals surface area (Å²) >= 11 is 0. The molecule has 3 heterocycles. The van der Waals surface area contributed by atoms with Crippen LogP contribution < -0.4 is 11.4 Å². The van der Waals surface area contributed by atoms with Gasteiger partial charge >= 0.3 is 11.4 Å². The molecule has 1 aromatic carbocycles. The number of aromatic nitrogens is 3. The van der Waals surface area contributed by atoms with Crippen LogP contribution in [0.5, 0.6) is 0 Å². The van der Waals surface area contributed by atoms with Crippen LogP contribution in [0.25, 0.3) is 5.69 Å². The highest BCUT2D eigenvalue weighted by Crippen LogP contribution is 2.66. The van der Waals surface area contributed by atoms with Crippen molar-refractivity contribution < 1.29 is 0 Å². The molecule has 5 heteroatoms. The van der Waals surface area contributed by atoms with Gasteiger partial charge in [-0.1, -0.05) is 48.4 Å². The quantitative estimate of drug-likeness (QED) is 0.753. The van der Waals surface area contributed by atoms with E-state index < -0.39 is 0 Å². The van der Waals surface area contributed by atoms with Gasteiger partial charge in [-0.05, 0) is 31.4 Å². The van der Waals surface area contributed by atoms with Crippen LogP contribution in [0.4, 0.5) is 0 Å². The molecule has 0 saturated heterocycles. The van der Waals surface area contributed by atoms with Gasteiger partial charge in [0.05, 0.1) is 17.8 Å². The Kier molecular flexibility index (Phi) is 2.38. The van der Waals surface area contributed by atoms with Crippen molar-refractivity contribution >= 4 is 0 Å². The smallest absolute Gasteiger partial charge is 0.245 e. The molecular weight excluding hydrogens is 314 g/mol. The highest BCUT2D eigenvalue weighted by molar-refractivity contribution is 5.41. The lowest BCUT2D eigenvalue weighted by Gasteiger charge is -2.59. The van der Waals surface area contributed by atoms with Gasteiger partial charge in [-0.3, -0.25) is 0 Å². The van der Waals surface area contributed by atoms with E-state index >= 15 is 0 Å². The number of allylic oxidation sites excluding steroid dienone is 4. The second-order valence-electron chi connectivity index (χ2n) is 7.76. The predicted molar refractivity (Wildman–Crippen MR) is 94.0 cm³/mol. The van der Waals surface area contributed by atoms with Crippen molar-refractivity contribution in [2.75, 3.05) is 0 Å². The van der Waals surface area contributed by atoms with E-state index in [1.54, 1.807) is 9.36 Å². The average Bonchev–Trinajstić information content (AvgIpc) is 2.81. The summed E-state index contributed by atoms with van der Waals surface area (Å²) < 4.78 is 4.78. The van der Waals surface area contributed by atoms with Gasteiger partial charge in [-0.25, -0.2) is 23.5 Å². The Hall–Kier alpha value is -2.56. The number of para-hydroxylation sites is 1. The summed E-state index contributed by atoms with van der Waals surface area (Å²) in [5.74, 6) is 0.397. The van der Waals surface area contributed by atoms with E-state index in [2.05, 4.69) is 18.2 Å². The summed E-state index contributed by atoms with van der Waals surface area (Å²) in [5, 5.41) is 0. The zero-order valence-electron chi connectivity index (χ0n) is 13.8. The topological polar surface area (TPSA) is 48.9 Å². The number of benzene rings is 1. The normalized spacial score (nSPS) is 33.9. The van der Waals surface area contributed by atoms with Crippen LogP contribution in [-0.4, -0.2) is 13.9 Å². The first-order valence-electron chi connectivity index (χ1n) is 9.14. The van der Waals surface area contributed by atoms with Crippen molar-refractivity contribution in [1.29, 1.82) is 0 Å². The summed E-state index contributed by atoms with van der Waals surface area (Å²) in [4.78, 5) is 26.4. The summed E-state index contributed by atoms with van der Waals surface area (Å²) in [7, 11) is 0. The standard InChI is InChI=1S/C20H19N3O2/c24-18-21(14-7-2-1-3-8-14)19(25)23-16-10-9-15(22(18)23)17-13-6-4-5-11-20(16,17)12-13/h1-3,7-10,12,15-17H,4-6,11H2/t15-,16-,17-,20-/m0/s1. The van der Waals surface area contributed by atoms with E-state index in [-0.39, 0.29) is 28.9 Å². The Bertz CT molecular complexity index is 1070. The third-order valence-corrected chi connectivity index (χ3v) is 6.71. The van der Waals surface area contributed by atoms with Gasteiger partial charge in [0.2, 0.25) is 0 Å². The molecule has 0 unspecified atom stereocenters. The van der Waals surface area contributed by atoms with Crippen LogP contribution in [0.3, 0.4) is 0 Å². The minimum atomic E-state index is -0.213. The molecule has 0 radical (unpaired) electrons. The molecule has 5 aliphatic rings. The van der Waals surface area contributed by atoms with Crippen molar-refractivity contribution in [3.05, 3.63) is 75.1 Å². The van der Waals surface area contributed by atoms with Gasteiger partial charge in [0.25, 0.3) is 0 Å². The number of hydrogen-bond acceptors (Lipinski definition) is 2. The fourth-order valence-corrected chi connectivity index (χ4v) is 5.78. The molecule has 4 bridgehead atoms. The Balaban J connectivity index is 1.63. The summed E-state index contributed by atoms with van der Waals surface area (Å²) in [5.41, 5.74) is 1.76. The first kappa shape index (κ1) is 13.7. The molecule has 0 amide bonds. The first-order valence-corrected chi connectivity index (χ1v) is 9.14. The predicted octanol–water partition coefficient (Wildman–Crippen LogP) is 2.58. The van der Waals surface area contributed by atoms with Crippen molar-refractivity contribution in [3.63, 3.8) is 0 Å². The molecule has 2 aliphatic heterocycles. The molecule has 0 fully saturated rings. The minimum absolute atomic E-state index is 0.0201. The minimum Gasteiger partial charge on any atom is -0.245 e. The summed E-state index contributed by atoms with van der Waals surface area (Å²) in [6.07, 6.45) is 11.4. The maximum Gasteiger partial charge on any atom is 0.352 e. The molecule has 0 N–H and O–H groups in total. The Morgan fingerprint density at radius 3 is 2.60 bits per heavy atom. The van der Waals surface area contributed by atoms with E-state index in [0.29, 0.717) is 11.6 Å². The summed E-state index contributed by atoms with van der Waals surface area (Å²) in [6, 6.07) is 9.20.